The molecule has 0 aromatic carbocycles. The summed E-state index contributed by atoms with van der Waals surface area (Å²) in [6, 6.07) is 0. The Balaban J connectivity index is 5.85. The van der Waals surface area contributed by atoms with Crippen molar-refractivity contribution in [3.63, 3.8) is 0 Å². The second kappa shape index (κ2) is 5.55. The predicted octanol–water partition coefficient (Wildman–Crippen LogP) is 5.06. The van der Waals surface area contributed by atoms with E-state index in [1.54, 1.807) is 0 Å². The average molecular weight is 401 g/mol. The molecule has 2 atom stereocenters. The van der Waals surface area contributed by atoms with Crippen LogP contribution in [0.1, 0.15) is 0 Å². The highest BCUT2D eigenvalue weighted by atomic mass is 35.7. The molecule has 21 heavy (non-hydrogen) atoms. The van der Waals surface area contributed by atoms with E-state index >= 15 is 0 Å². The lowest BCUT2D eigenvalue weighted by atomic mass is 10.4. The smallest absolute Gasteiger partial charge is 0.231 e. The van der Waals surface area contributed by atoms with Crippen molar-refractivity contribution >= 4 is 28.9 Å². The first kappa shape index (κ1) is 21.0. The van der Waals surface area contributed by atoms with Crippen molar-refractivity contribution in [2.24, 2.45) is 0 Å². The van der Waals surface area contributed by atoms with E-state index in [4.69, 9.17) is 0 Å². The fourth-order valence-electron chi connectivity index (χ4n) is 0.952. The van der Waals surface area contributed by atoms with Crippen molar-refractivity contribution in [2.45, 2.75) is 35.8 Å². The lowest BCUT2D eigenvalue weighted by Crippen LogP contribution is -2.68. The molecule has 2 unspecified atom stereocenters. The molecule has 0 fully saturated rings. The Morgan fingerprint density at radius 1 is 0.571 bits per heavy atom. The fourth-order valence-corrected chi connectivity index (χ4v) is 3.51. The largest absolute Gasteiger partial charge is 0.425 e. The van der Waals surface area contributed by atoms with Gasteiger partial charge in [0.25, 0.3) is 12.3 Å². The van der Waals surface area contributed by atoms with Gasteiger partial charge in [0.05, 0.1) is 0 Å². The highest BCUT2D eigenvalue weighted by molar-refractivity contribution is 7.47. The number of hydrogen-bond acceptors (Lipinski definition) is 0. The summed E-state index contributed by atoms with van der Waals surface area (Å²) < 4.78 is 148. The Bertz CT molecular complexity index is 339. The second-order valence-electron chi connectivity index (χ2n) is 3.63. The maximum absolute atomic E-state index is 13.0. The van der Waals surface area contributed by atoms with Gasteiger partial charge >= 0.3 is 30.1 Å². The molecule has 0 radical (unpaired) electrons. The van der Waals surface area contributed by atoms with Gasteiger partial charge < -0.3 is 0 Å². The van der Waals surface area contributed by atoms with E-state index in [0.29, 0.717) is 0 Å². The molecule has 128 valence electrons. The summed E-state index contributed by atoms with van der Waals surface area (Å²) in [5, 5.41) is 0. The molecule has 0 amide bonds. The van der Waals surface area contributed by atoms with Gasteiger partial charge in [-0.25, -0.2) is 26.3 Å². The molecule has 0 aromatic heterocycles. The van der Waals surface area contributed by atoms with Crippen LogP contribution in [0.3, 0.4) is 0 Å². The molecule has 0 bridgehead atoms. The summed E-state index contributed by atoms with van der Waals surface area (Å²) in [5.74, 6) is 0. The summed E-state index contributed by atoms with van der Waals surface area (Å²) in [4.78, 5) is 0. The maximum atomic E-state index is 13.0. The highest BCUT2D eigenvalue weighted by Crippen LogP contribution is 2.54. The molecule has 0 spiro atoms. The van der Waals surface area contributed by atoms with Crippen LogP contribution in [-0.4, -0.2) is 42.5 Å². The number of hydrogen-bond donors (Lipinski definition) is 0. The number of alkyl halides is 12. The van der Waals surface area contributed by atoms with Gasteiger partial charge in [0.15, 0.2) is 0 Å². The zero-order chi connectivity index (χ0) is 17.7. The fraction of sp³-hybridized carbons (Fsp3) is 1.00. The molecule has 0 heterocycles. The van der Waals surface area contributed by atoms with Crippen LogP contribution in [0.2, 0.25) is 0 Å². The van der Waals surface area contributed by atoms with Crippen LogP contribution < -0.4 is 0 Å². The third kappa shape index (κ3) is 3.66. The topological polar surface area (TPSA) is 0 Å². The van der Waals surface area contributed by atoms with E-state index in [1.165, 1.54) is 0 Å². The molecule has 0 saturated carbocycles. The minimum absolute atomic E-state index is 4.25. The first-order valence-electron chi connectivity index (χ1n) is 4.36. The summed E-state index contributed by atoms with van der Waals surface area (Å²) >= 11 is 8.49. The van der Waals surface area contributed by atoms with Crippen molar-refractivity contribution in [2.75, 3.05) is 0 Å². The first-order chi connectivity index (χ1) is 8.81. The lowest BCUT2D eigenvalue weighted by molar-refractivity contribution is -0.237. The summed E-state index contributed by atoms with van der Waals surface area (Å²) in [6.45, 7) is -7.42. The molecule has 15 heteroatoms. The molecule has 0 rings (SSSR count). The van der Waals surface area contributed by atoms with Crippen molar-refractivity contribution in [3.8, 4) is 0 Å². The van der Waals surface area contributed by atoms with Gasteiger partial charge in [0.1, 0.15) is 0 Å². The standard InChI is InChI=1S/C6H2Cl2F12Si/c7-21(8,5(17,18)1(9)3(11,12)13)6(19,20)2(10)4(14,15)16/h1-2H. The van der Waals surface area contributed by atoms with Crippen LogP contribution in [-0.2, 0) is 0 Å². The quantitative estimate of drug-likeness (QED) is 0.351. The average Bonchev–Trinajstić information content (AvgIpc) is 2.23. The van der Waals surface area contributed by atoms with Crippen LogP contribution in [0.15, 0.2) is 0 Å². The highest BCUT2D eigenvalue weighted by Gasteiger charge is 2.82. The van der Waals surface area contributed by atoms with Crippen LogP contribution in [0.4, 0.5) is 52.7 Å². The third-order valence-corrected chi connectivity index (χ3v) is 7.25. The monoisotopic (exact) mass is 400 g/mol. The van der Waals surface area contributed by atoms with Crippen molar-refractivity contribution in [1.82, 2.24) is 0 Å². The zero-order valence-corrected chi connectivity index (χ0v) is 11.5. The first-order valence-corrected chi connectivity index (χ1v) is 8.38. The maximum Gasteiger partial charge on any atom is 0.425 e. The van der Waals surface area contributed by atoms with Crippen LogP contribution >= 0.6 is 22.2 Å². The molecule has 0 aliphatic rings. The number of rotatable bonds is 4. The van der Waals surface area contributed by atoms with Gasteiger partial charge in [-0.05, 0) is 0 Å². The van der Waals surface area contributed by atoms with Crippen molar-refractivity contribution in [3.05, 3.63) is 0 Å². The van der Waals surface area contributed by atoms with Crippen LogP contribution in [0.25, 0.3) is 0 Å². The zero-order valence-electron chi connectivity index (χ0n) is 8.95. The van der Waals surface area contributed by atoms with E-state index in [1.807, 2.05) is 0 Å². The lowest BCUT2D eigenvalue weighted by Gasteiger charge is -2.37. The molecule has 0 saturated heterocycles. The van der Waals surface area contributed by atoms with Gasteiger partial charge in [-0.15, -0.1) is 22.2 Å². The van der Waals surface area contributed by atoms with Gasteiger partial charge in [0, 0.05) is 0 Å². The predicted molar refractivity (Wildman–Crippen MR) is 49.3 cm³/mol. The normalized spacial score (nSPS) is 18.6. The summed E-state index contributed by atoms with van der Waals surface area (Å²) in [5.41, 5.74) is -12.7. The molecule has 0 N–H and O–H groups in total. The third-order valence-electron chi connectivity index (χ3n) is 2.05. The van der Waals surface area contributed by atoms with Crippen LogP contribution in [0.5, 0.6) is 0 Å². The molecular weight excluding hydrogens is 399 g/mol. The van der Waals surface area contributed by atoms with E-state index in [2.05, 4.69) is 22.2 Å². The summed E-state index contributed by atoms with van der Waals surface area (Å²) in [7, 11) is 0. The second-order valence-corrected chi connectivity index (χ2v) is 10.1. The molecule has 0 nitrogen and oxygen atoms in total. The Kier molecular flexibility index (Phi) is 5.54. The van der Waals surface area contributed by atoms with Gasteiger partial charge in [0.2, 0.25) is 0 Å². The Morgan fingerprint density at radius 3 is 0.905 bits per heavy atom. The van der Waals surface area contributed by atoms with E-state index in [0.717, 1.165) is 0 Å². The summed E-state index contributed by atoms with van der Waals surface area (Å²) in [6.07, 6.45) is -23.7. The van der Waals surface area contributed by atoms with Gasteiger partial charge in [-0.2, -0.15) is 26.3 Å². The van der Waals surface area contributed by atoms with Crippen molar-refractivity contribution in [1.29, 1.82) is 0 Å². The van der Waals surface area contributed by atoms with E-state index in [-0.39, 0.29) is 0 Å². The SMILES string of the molecule is FC(C(F)(F)F)C(F)(F)[Si](Cl)(Cl)C(F)(F)C(F)C(F)(F)F. The Morgan fingerprint density at radius 2 is 0.762 bits per heavy atom. The Labute approximate surface area is 118 Å². The van der Waals surface area contributed by atoms with Gasteiger partial charge in [-0.1, -0.05) is 0 Å². The van der Waals surface area contributed by atoms with Gasteiger partial charge in [-0.3, -0.25) is 0 Å². The van der Waals surface area contributed by atoms with E-state index < -0.39 is 42.5 Å². The molecular formula is C6H2Cl2F12Si. The number of halogens is 14. The molecule has 0 aliphatic carbocycles. The minimum Gasteiger partial charge on any atom is -0.231 e. The minimum atomic E-state index is -7.42. The molecule has 0 aromatic rings. The van der Waals surface area contributed by atoms with Crippen molar-refractivity contribution < 1.29 is 52.7 Å². The Hall–Kier alpha value is -0.0431. The van der Waals surface area contributed by atoms with Crippen LogP contribution in [0, 0.1) is 0 Å². The van der Waals surface area contributed by atoms with E-state index in [9.17, 15) is 52.7 Å². The molecule has 0 aliphatic heterocycles.